The van der Waals surface area contributed by atoms with Gasteiger partial charge in [-0.05, 0) is 38.3 Å². The highest BCUT2D eigenvalue weighted by atomic mass is 32.1. The largest absolute Gasteiger partial charge is 0.360 e. The molecule has 2 rings (SSSR count). The second kappa shape index (κ2) is 8.29. The fourth-order valence-electron chi connectivity index (χ4n) is 2.45. The molecule has 0 spiro atoms. The van der Waals surface area contributed by atoms with E-state index in [1.807, 2.05) is 0 Å². The van der Waals surface area contributed by atoms with E-state index in [4.69, 9.17) is 0 Å². The van der Waals surface area contributed by atoms with Crippen molar-refractivity contribution in [1.29, 1.82) is 0 Å². The number of anilines is 1. The van der Waals surface area contributed by atoms with Crippen LogP contribution in [0.1, 0.15) is 38.1 Å². The number of nitrogens with one attached hydrogen (secondary N) is 2. The van der Waals surface area contributed by atoms with Crippen molar-refractivity contribution >= 4 is 22.4 Å². The minimum atomic E-state index is 0.0680. The summed E-state index contributed by atoms with van der Waals surface area (Å²) in [6.45, 7) is 8.51. The van der Waals surface area contributed by atoms with Crippen LogP contribution >= 0.6 is 11.3 Å². The van der Waals surface area contributed by atoms with Crippen molar-refractivity contribution in [2.45, 2.75) is 39.7 Å². The Morgan fingerprint density at radius 1 is 1.38 bits per heavy atom. The molecule has 0 aliphatic carbocycles. The van der Waals surface area contributed by atoms with Gasteiger partial charge in [-0.25, -0.2) is 0 Å². The molecule has 1 aromatic rings. The summed E-state index contributed by atoms with van der Waals surface area (Å²) in [6, 6.07) is 0. The van der Waals surface area contributed by atoms with Gasteiger partial charge in [0.15, 0.2) is 0 Å². The lowest BCUT2D eigenvalue weighted by Gasteiger charge is -2.31. The average molecular weight is 311 g/mol. The Balaban J connectivity index is 1.70. The van der Waals surface area contributed by atoms with Crippen LogP contribution in [0.3, 0.4) is 0 Å². The summed E-state index contributed by atoms with van der Waals surface area (Å²) in [4.78, 5) is 13.4. The number of piperidine rings is 1. The molecule has 1 aromatic heterocycles. The van der Waals surface area contributed by atoms with Crippen LogP contribution in [0.5, 0.6) is 0 Å². The van der Waals surface area contributed by atoms with Crippen LogP contribution in [0.4, 0.5) is 5.13 Å². The molecule has 7 heteroatoms. The third kappa shape index (κ3) is 5.59. The van der Waals surface area contributed by atoms with Gasteiger partial charge in [-0.1, -0.05) is 18.3 Å². The molecule has 21 heavy (non-hydrogen) atoms. The van der Waals surface area contributed by atoms with Crippen LogP contribution in [-0.2, 0) is 11.3 Å². The molecule has 0 radical (unpaired) electrons. The van der Waals surface area contributed by atoms with E-state index in [1.165, 1.54) is 0 Å². The van der Waals surface area contributed by atoms with E-state index in [0.29, 0.717) is 5.92 Å². The second-order valence-corrected chi connectivity index (χ2v) is 6.65. The molecular weight excluding hydrogens is 286 g/mol. The number of likely N-dealkylation sites (tertiary alicyclic amines) is 1. The topological polar surface area (TPSA) is 70.2 Å². The summed E-state index contributed by atoms with van der Waals surface area (Å²) in [6.07, 6.45) is 3.37. The van der Waals surface area contributed by atoms with E-state index < -0.39 is 0 Å². The fourth-order valence-corrected chi connectivity index (χ4v) is 3.26. The maximum atomic E-state index is 10.9. The van der Waals surface area contributed by atoms with Gasteiger partial charge in [0.05, 0.1) is 6.54 Å². The summed E-state index contributed by atoms with van der Waals surface area (Å²) in [5.41, 5.74) is 0. The first-order valence-electron chi connectivity index (χ1n) is 7.70. The number of amides is 1. The maximum Gasteiger partial charge on any atom is 0.216 e. The van der Waals surface area contributed by atoms with Crippen LogP contribution in [0.25, 0.3) is 0 Å². The summed E-state index contributed by atoms with van der Waals surface area (Å²) in [5.74, 6) is 0.680. The molecule has 118 valence electrons. The first kappa shape index (κ1) is 16.2. The number of rotatable bonds is 7. The molecule has 1 aliphatic heterocycles. The molecule has 0 unspecified atom stereocenters. The maximum absolute atomic E-state index is 10.9. The van der Waals surface area contributed by atoms with Crippen molar-refractivity contribution in [2.24, 2.45) is 5.92 Å². The third-order valence-corrected chi connectivity index (χ3v) is 4.56. The van der Waals surface area contributed by atoms with Crippen LogP contribution in [-0.4, -0.2) is 47.2 Å². The first-order chi connectivity index (χ1) is 10.2. The van der Waals surface area contributed by atoms with Crippen molar-refractivity contribution in [2.75, 3.05) is 31.5 Å². The van der Waals surface area contributed by atoms with Crippen molar-refractivity contribution < 1.29 is 4.79 Å². The Bertz CT molecular complexity index is 442. The minimum absolute atomic E-state index is 0.0680. The van der Waals surface area contributed by atoms with Crippen molar-refractivity contribution in [1.82, 2.24) is 20.4 Å². The zero-order chi connectivity index (χ0) is 15.1. The van der Waals surface area contributed by atoms with Gasteiger partial charge >= 0.3 is 0 Å². The van der Waals surface area contributed by atoms with Crippen molar-refractivity contribution in [3.63, 3.8) is 0 Å². The second-order valence-electron chi connectivity index (χ2n) is 5.58. The van der Waals surface area contributed by atoms with Crippen LogP contribution in [0.15, 0.2) is 0 Å². The van der Waals surface area contributed by atoms with Crippen LogP contribution < -0.4 is 10.6 Å². The summed E-state index contributed by atoms with van der Waals surface area (Å²) in [5, 5.41) is 16.6. The summed E-state index contributed by atoms with van der Waals surface area (Å²) in [7, 11) is 0. The Morgan fingerprint density at radius 3 is 2.81 bits per heavy atom. The third-order valence-electron chi connectivity index (χ3n) is 3.70. The Labute approximate surface area is 130 Å². The first-order valence-corrected chi connectivity index (χ1v) is 8.52. The standard InChI is InChI=1S/C14H25N5OS/c1-3-6-15-14-18-17-13(21-14)10-19-7-4-12(5-8-19)9-16-11(2)20/h12H,3-10H2,1-2H3,(H,15,18)(H,16,20). The molecule has 1 fully saturated rings. The number of hydrogen-bond donors (Lipinski definition) is 2. The fraction of sp³-hybridized carbons (Fsp3) is 0.786. The van der Waals surface area contributed by atoms with E-state index >= 15 is 0 Å². The lowest BCUT2D eigenvalue weighted by Crippen LogP contribution is -2.37. The van der Waals surface area contributed by atoms with Gasteiger partial charge < -0.3 is 10.6 Å². The van der Waals surface area contributed by atoms with E-state index in [9.17, 15) is 4.79 Å². The quantitative estimate of drug-likeness (QED) is 0.802. The predicted octanol–water partition coefficient (Wildman–Crippen LogP) is 1.71. The Morgan fingerprint density at radius 2 is 2.14 bits per heavy atom. The van der Waals surface area contributed by atoms with Crippen molar-refractivity contribution in [3.8, 4) is 0 Å². The van der Waals surface area contributed by atoms with Gasteiger partial charge in [0.2, 0.25) is 11.0 Å². The molecule has 2 N–H and O–H groups in total. The van der Waals surface area contributed by atoms with Gasteiger partial charge in [-0.15, -0.1) is 10.2 Å². The van der Waals surface area contributed by atoms with Crippen molar-refractivity contribution in [3.05, 3.63) is 5.01 Å². The van der Waals surface area contributed by atoms with Gasteiger partial charge in [0.1, 0.15) is 5.01 Å². The highest BCUT2D eigenvalue weighted by Gasteiger charge is 2.20. The number of nitrogens with zero attached hydrogens (tertiary/aromatic N) is 3. The molecule has 2 heterocycles. The number of carbonyl (C=O) groups excluding carboxylic acids is 1. The molecule has 0 saturated carbocycles. The molecule has 6 nitrogen and oxygen atoms in total. The number of hydrogen-bond acceptors (Lipinski definition) is 6. The lowest BCUT2D eigenvalue weighted by atomic mass is 9.97. The van der Waals surface area contributed by atoms with Gasteiger partial charge in [0, 0.05) is 20.0 Å². The molecule has 1 amide bonds. The van der Waals surface area contributed by atoms with Gasteiger partial charge in [-0.3, -0.25) is 9.69 Å². The minimum Gasteiger partial charge on any atom is -0.360 e. The molecular formula is C14H25N5OS. The smallest absolute Gasteiger partial charge is 0.216 e. The monoisotopic (exact) mass is 311 g/mol. The van der Waals surface area contributed by atoms with E-state index in [0.717, 1.165) is 62.1 Å². The van der Waals surface area contributed by atoms with Crippen LogP contribution in [0.2, 0.25) is 0 Å². The highest BCUT2D eigenvalue weighted by molar-refractivity contribution is 7.15. The average Bonchev–Trinajstić information content (AvgIpc) is 2.92. The molecule has 0 bridgehead atoms. The molecule has 0 atom stereocenters. The molecule has 1 aliphatic rings. The van der Waals surface area contributed by atoms with E-state index in [2.05, 4.69) is 32.7 Å². The van der Waals surface area contributed by atoms with E-state index in [1.54, 1.807) is 18.3 Å². The van der Waals surface area contributed by atoms with Crippen LogP contribution in [0, 0.1) is 5.92 Å². The number of aromatic nitrogens is 2. The number of carbonyl (C=O) groups is 1. The molecule has 0 aromatic carbocycles. The lowest BCUT2D eigenvalue weighted by molar-refractivity contribution is -0.119. The van der Waals surface area contributed by atoms with Gasteiger partial charge in [0.25, 0.3) is 0 Å². The Kier molecular flexibility index (Phi) is 6.38. The highest BCUT2D eigenvalue weighted by Crippen LogP contribution is 2.21. The predicted molar refractivity (Wildman–Crippen MR) is 85.4 cm³/mol. The SMILES string of the molecule is CCCNc1nnc(CN2CCC(CNC(C)=O)CC2)s1. The zero-order valence-electron chi connectivity index (χ0n) is 12.9. The zero-order valence-corrected chi connectivity index (χ0v) is 13.7. The van der Waals surface area contributed by atoms with Gasteiger partial charge in [-0.2, -0.15) is 0 Å². The molecule has 1 saturated heterocycles. The van der Waals surface area contributed by atoms with E-state index in [-0.39, 0.29) is 5.91 Å². The summed E-state index contributed by atoms with van der Waals surface area (Å²) >= 11 is 1.65. The Hall–Kier alpha value is -1.21. The summed E-state index contributed by atoms with van der Waals surface area (Å²) < 4.78 is 0. The normalized spacial score (nSPS) is 16.9.